The number of likely N-dealkylation sites (N-methyl/N-ethyl adjacent to an activating group) is 1. The number of pyridine rings is 1. The molecule has 0 N–H and O–H groups in total. The minimum atomic E-state index is -0.115. The van der Waals surface area contributed by atoms with Crippen molar-refractivity contribution >= 4 is 41.4 Å². The van der Waals surface area contributed by atoms with E-state index in [0.29, 0.717) is 141 Å². The molecular weight excluding hydrogens is 911 g/mol. The Hall–Kier alpha value is -6.18. The maximum atomic E-state index is 13.8. The first kappa shape index (κ1) is 52.6. The zero-order valence-corrected chi connectivity index (χ0v) is 42.3. The molecule has 18 heteroatoms. The highest BCUT2D eigenvalue weighted by Gasteiger charge is 2.36. The lowest BCUT2D eigenvalue weighted by atomic mass is 10.1. The molecule has 71 heavy (non-hydrogen) atoms. The molecule has 0 bridgehead atoms. The molecular formula is C53H69N7O11. The number of aromatic nitrogens is 1. The van der Waals surface area contributed by atoms with Crippen LogP contribution in [0.25, 0.3) is 0 Å². The Morgan fingerprint density at radius 1 is 0.634 bits per heavy atom. The van der Waals surface area contributed by atoms with E-state index >= 15 is 0 Å². The van der Waals surface area contributed by atoms with Gasteiger partial charge in [-0.3, -0.25) is 34.3 Å². The molecule has 1 unspecified atom stereocenters. The molecule has 382 valence electrons. The Morgan fingerprint density at radius 3 is 1.61 bits per heavy atom. The number of methoxy groups -OCH3 is 2. The third-order valence-corrected chi connectivity index (χ3v) is 12.7. The van der Waals surface area contributed by atoms with Crippen LogP contribution < -0.4 is 23.7 Å². The Balaban J connectivity index is 1.04. The van der Waals surface area contributed by atoms with E-state index in [1.54, 1.807) is 45.4 Å². The molecule has 7 rings (SSSR count). The predicted molar refractivity (Wildman–Crippen MR) is 270 cm³/mol. The number of nitrogens with zero attached hydrogens (tertiary/aromatic N) is 7. The van der Waals surface area contributed by atoms with E-state index in [4.69, 9.17) is 52.9 Å². The van der Waals surface area contributed by atoms with Crippen molar-refractivity contribution in [2.45, 2.75) is 65.3 Å². The zero-order chi connectivity index (χ0) is 50.3. The summed E-state index contributed by atoms with van der Waals surface area (Å²) in [6.07, 6.45) is 9.70. The number of ketones is 1. The molecule has 2 aromatic carbocycles. The Bertz CT molecular complexity index is 2340. The minimum absolute atomic E-state index is 0.0326. The molecule has 3 aromatic rings. The molecule has 0 spiro atoms. The number of fused-ring (bicyclic) bond motifs is 4. The van der Waals surface area contributed by atoms with Gasteiger partial charge in [0, 0.05) is 82.4 Å². The number of aliphatic imine (C=N–C) groups is 2. The van der Waals surface area contributed by atoms with Crippen LogP contribution in [0, 0.1) is 0 Å². The van der Waals surface area contributed by atoms with E-state index in [1.807, 2.05) is 62.3 Å². The van der Waals surface area contributed by atoms with E-state index in [2.05, 4.69) is 22.0 Å². The fraction of sp³-hybridized carbons (Fsp3) is 0.509. The minimum Gasteiger partial charge on any atom is -0.493 e. The number of carbonyl (C=O) groups excluding carboxylic acids is 3. The maximum absolute atomic E-state index is 13.8. The van der Waals surface area contributed by atoms with Crippen molar-refractivity contribution in [3.05, 3.63) is 82.2 Å². The first-order valence-corrected chi connectivity index (χ1v) is 24.4. The second kappa shape index (κ2) is 25.8. The first-order chi connectivity index (χ1) is 34.5. The lowest BCUT2D eigenvalue weighted by Gasteiger charge is -2.24. The second-order valence-corrected chi connectivity index (χ2v) is 18.0. The predicted octanol–water partition coefficient (Wildman–Crippen LogP) is 6.28. The third kappa shape index (κ3) is 14.3. The van der Waals surface area contributed by atoms with Crippen LogP contribution in [-0.2, 0) is 32.2 Å². The summed E-state index contributed by atoms with van der Waals surface area (Å²) >= 11 is 0. The summed E-state index contributed by atoms with van der Waals surface area (Å²) in [5, 5.41) is 0. The standard InChI is InChI=1S/C53H69N7O11/c1-8-37-22-41-30-54-46-28-50(48(64-6)26-44(46)52(62)59(41)32-37)70-34-39-24-43(69-17-14-58(12-11-57(4)5)13-16-67-19-21-68-20-18-66-15-10-36(3)61)25-40(56-39)35-71-51-29-47-45(27-49(51)65-7)53(63)60-33-38(9-2)23-42(60)31-55-47/h8-9,24-31,41-42H,10-23,32-35H2,1-7H3/b37-8+,38-9+/t41-,42?/m0/s1. The molecule has 4 aliphatic heterocycles. The van der Waals surface area contributed by atoms with E-state index in [-0.39, 0.29) is 42.9 Å². The number of allylic oxidation sites excluding steroid dienone is 2. The summed E-state index contributed by atoms with van der Waals surface area (Å²) in [7, 11) is 7.17. The van der Waals surface area contributed by atoms with Gasteiger partial charge in [-0.25, -0.2) is 0 Å². The molecule has 4 aliphatic rings. The largest absolute Gasteiger partial charge is 0.493 e. The van der Waals surface area contributed by atoms with Crippen LogP contribution in [0.4, 0.5) is 11.4 Å². The molecule has 0 aliphatic carbocycles. The summed E-state index contributed by atoms with van der Waals surface area (Å²) in [6, 6.07) is 10.3. The van der Waals surface area contributed by atoms with Crippen LogP contribution in [0.15, 0.2) is 69.7 Å². The van der Waals surface area contributed by atoms with Crippen LogP contribution in [0.1, 0.15) is 72.1 Å². The molecule has 1 aromatic heterocycles. The van der Waals surface area contributed by atoms with Crippen LogP contribution in [-0.4, -0.2) is 181 Å². The second-order valence-electron chi connectivity index (χ2n) is 18.0. The summed E-state index contributed by atoms with van der Waals surface area (Å²) in [5.74, 6) is 2.07. The van der Waals surface area contributed by atoms with Crippen LogP contribution >= 0.6 is 0 Å². The van der Waals surface area contributed by atoms with Crippen molar-refractivity contribution in [2.24, 2.45) is 9.98 Å². The average molecular weight is 980 g/mol. The third-order valence-electron chi connectivity index (χ3n) is 12.7. The first-order valence-electron chi connectivity index (χ1n) is 24.4. The number of hydrogen-bond donors (Lipinski definition) is 0. The highest BCUT2D eigenvalue weighted by Crippen LogP contribution is 2.41. The van der Waals surface area contributed by atoms with Gasteiger partial charge in [0.2, 0.25) is 0 Å². The lowest BCUT2D eigenvalue weighted by Crippen LogP contribution is -2.37. The van der Waals surface area contributed by atoms with Gasteiger partial charge in [-0.15, -0.1) is 0 Å². The molecule has 2 fully saturated rings. The van der Waals surface area contributed by atoms with Gasteiger partial charge in [-0.1, -0.05) is 23.3 Å². The van der Waals surface area contributed by atoms with Crippen molar-refractivity contribution in [3.63, 3.8) is 0 Å². The molecule has 2 amide bonds. The van der Waals surface area contributed by atoms with Gasteiger partial charge in [0.25, 0.3) is 11.8 Å². The molecule has 0 radical (unpaired) electrons. The van der Waals surface area contributed by atoms with E-state index < -0.39 is 0 Å². The Labute approximate surface area is 417 Å². The lowest BCUT2D eigenvalue weighted by molar-refractivity contribution is -0.118. The van der Waals surface area contributed by atoms with Gasteiger partial charge in [-0.05, 0) is 59.8 Å². The fourth-order valence-corrected chi connectivity index (χ4v) is 8.60. The summed E-state index contributed by atoms with van der Waals surface area (Å²) in [5.41, 5.74) is 5.43. The summed E-state index contributed by atoms with van der Waals surface area (Å²) < 4.78 is 47.7. The molecule has 2 saturated heterocycles. The van der Waals surface area contributed by atoms with Crippen LogP contribution in [0.3, 0.4) is 0 Å². The van der Waals surface area contributed by atoms with E-state index in [1.165, 1.54) is 11.1 Å². The number of carbonyl (C=O) groups is 3. The van der Waals surface area contributed by atoms with Gasteiger partial charge < -0.3 is 52.6 Å². The van der Waals surface area contributed by atoms with E-state index in [9.17, 15) is 14.4 Å². The summed E-state index contributed by atoms with van der Waals surface area (Å²) in [6.45, 7) is 12.8. The topological polar surface area (TPSA) is 176 Å². The highest BCUT2D eigenvalue weighted by atomic mass is 16.5. The maximum Gasteiger partial charge on any atom is 0.257 e. The normalized spacial score (nSPS) is 18.2. The molecule has 18 nitrogen and oxygen atoms in total. The number of hydrogen-bond acceptors (Lipinski definition) is 16. The average Bonchev–Trinajstić information content (AvgIpc) is 3.94. The molecule has 5 heterocycles. The van der Waals surface area contributed by atoms with Crippen molar-refractivity contribution in [3.8, 4) is 28.7 Å². The number of amides is 2. The van der Waals surface area contributed by atoms with Crippen molar-refractivity contribution in [1.29, 1.82) is 0 Å². The number of Topliss-reactive ketones (excluding diaryl/α,β-unsaturated/α-hetero) is 1. The molecule has 2 atom stereocenters. The SMILES string of the molecule is C/C=C1\CC2C=Nc3cc(OCc4cc(OCCN(CCOCCOCCOCCC(C)=O)CCN(C)C)cc(COc5cc6c(cc5OC)C(=O)N5C/C(=C/C)C[C@H]5C=N6)n4)c(OC)cc3C(=O)N2C1. The highest BCUT2D eigenvalue weighted by molar-refractivity contribution is 6.04. The number of ether oxygens (including phenoxy) is 8. The molecule has 0 saturated carbocycles. The Kier molecular flexibility index (Phi) is 19.1. The van der Waals surface area contributed by atoms with Gasteiger partial charge in [0.15, 0.2) is 23.0 Å². The van der Waals surface area contributed by atoms with Crippen molar-refractivity contribution in [2.75, 3.05) is 114 Å². The van der Waals surface area contributed by atoms with E-state index in [0.717, 1.165) is 25.9 Å². The quantitative estimate of drug-likeness (QED) is 0.0616. The number of benzene rings is 2. The zero-order valence-electron chi connectivity index (χ0n) is 42.3. The van der Waals surface area contributed by atoms with Crippen molar-refractivity contribution < 1.29 is 52.3 Å². The number of rotatable bonds is 27. The monoisotopic (exact) mass is 980 g/mol. The fourth-order valence-electron chi connectivity index (χ4n) is 8.60. The van der Waals surface area contributed by atoms with Gasteiger partial charge in [0.05, 0.1) is 99.8 Å². The smallest absolute Gasteiger partial charge is 0.257 e. The van der Waals surface area contributed by atoms with Crippen molar-refractivity contribution in [1.82, 2.24) is 24.6 Å². The van der Waals surface area contributed by atoms with Gasteiger partial charge in [-0.2, -0.15) is 0 Å². The Morgan fingerprint density at radius 2 is 1.13 bits per heavy atom. The van der Waals surface area contributed by atoms with Crippen LogP contribution in [0.2, 0.25) is 0 Å². The summed E-state index contributed by atoms with van der Waals surface area (Å²) in [4.78, 5) is 61.1. The van der Waals surface area contributed by atoms with Gasteiger partial charge >= 0.3 is 0 Å². The van der Waals surface area contributed by atoms with Crippen LogP contribution in [0.5, 0.6) is 28.7 Å². The van der Waals surface area contributed by atoms with Gasteiger partial charge in [0.1, 0.15) is 31.4 Å².